The van der Waals surface area contributed by atoms with Crippen molar-refractivity contribution in [2.45, 2.75) is 57.2 Å². The first-order valence-corrected chi connectivity index (χ1v) is 8.11. The molecule has 4 heterocycles. The summed E-state index contributed by atoms with van der Waals surface area (Å²) in [5, 5.41) is 24.6. The fourth-order valence-corrected chi connectivity index (χ4v) is 3.50. The fourth-order valence-electron chi connectivity index (χ4n) is 3.50. The summed E-state index contributed by atoms with van der Waals surface area (Å²) >= 11 is 0. The standard InChI is InChI=1S/C15H21N5O5/c1-6(22)9-8-12(16)17-5-18-13(8)20(19-9)14-11-10(7(4-21)23-14)24-15(2,3)25-11/h5-7,10-11,14,21-22H,4H2,1-3H3,(H2,16,17,18)/t6-,7-,10-,11-,14-/m1/s1. The molecule has 2 aromatic heterocycles. The molecule has 0 aromatic carbocycles. The highest BCUT2D eigenvalue weighted by molar-refractivity contribution is 5.88. The zero-order valence-electron chi connectivity index (χ0n) is 14.2. The highest BCUT2D eigenvalue weighted by Gasteiger charge is 2.56. The van der Waals surface area contributed by atoms with Gasteiger partial charge in [0.2, 0.25) is 0 Å². The molecule has 2 aromatic rings. The lowest BCUT2D eigenvalue weighted by molar-refractivity contribution is -0.201. The lowest BCUT2D eigenvalue weighted by atomic mass is 10.1. The second kappa shape index (κ2) is 5.58. The maximum absolute atomic E-state index is 10.0. The van der Waals surface area contributed by atoms with Crippen LogP contribution >= 0.6 is 0 Å². The largest absolute Gasteiger partial charge is 0.394 e. The third kappa shape index (κ3) is 2.49. The highest BCUT2D eigenvalue weighted by Crippen LogP contribution is 2.44. The Morgan fingerprint density at radius 1 is 1.32 bits per heavy atom. The zero-order chi connectivity index (χ0) is 17.9. The predicted octanol–water partition coefficient (Wildman–Crippen LogP) is -0.128. The first kappa shape index (κ1) is 16.6. The molecule has 0 spiro atoms. The van der Waals surface area contributed by atoms with E-state index in [1.807, 2.05) is 0 Å². The third-order valence-corrected chi connectivity index (χ3v) is 4.49. The number of aromatic nitrogens is 4. The number of rotatable bonds is 3. The van der Waals surface area contributed by atoms with Gasteiger partial charge >= 0.3 is 0 Å². The van der Waals surface area contributed by atoms with Crippen LogP contribution in [0.3, 0.4) is 0 Å². The van der Waals surface area contributed by atoms with Crippen LogP contribution in [0, 0.1) is 0 Å². The van der Waals surface area contributed by atoms with Crippen LogP contribution in [0.15, 0.2) is 6.33 Å². The van der Waals surface area contributed by atoms with E-state index in [0.717, 1.165) is 0 Å². The number of hydrogen-bond donors (Lipinski definition) is 3. The third-order valence-electron chi connectivity index (χ3n) is 4.49. The smallest absolute Gasteiger partial charge is 0.181 e. The molecule has 0 aliphatic carbocycles. The molecule has 4 rings (SSSR count). The van der Waals surface area contributed by atoms with Crippen molar-refractivity contribution in [3.8, 4) is 0 Å². The van der Waals surface area contributed by atoms with E-state index < -0.39 is 36.4 Å². The monoisotopic (exact) mass is 351 g/mol. The molecule has 0 radical (unpaired) electrons. The molecule has 0 unspecified atom stereocenters. The number of anilines is 1. The van der Waals surface area contributed by atoms with Gasteiger partial charge in [-0.25, -0.2) is 14.6 Å². The van der Waals surface area contributed by atoms with Crippen LogP contribution in [0.25, 0.3) is 11.0 Å². The van der Waals surface area contributed by atoms with Crippen molar-refractivity contribution in [1.29, 1.82) is 0 Å². The molecule has 2 aliphatic rings. The van der Waals surface area contributed by atoms with Gasteiger partial charge in [-0.15, -0.1) is 0 Å². The van der Waals surface area contributed by atoms with Gasteiger partial charge in [0.15, 0.2) is 17.7 Å². The summed E-state index contributed by atoms with van der Waals surface area (Å²) in [6.07, 6.45) is -1.67. The fraction of sp³-hybridized carbons (Fsp3) is 0.667. The van der Waals surface area contributed by atoms with Crippen molar-refractivity contribution in [2.24, 2.45) is 0 Å². The van der Waals surface area contributed by atoms with Crippen LogP contribution in [-0.2, 0) is 14.2 Å². The molecule has 0 amide bonds. The molecular weight excluding hydrogens is 330 g/mol. The summed E-state index contributed by atoms with van der Waals surface area (Å²) in [6, 6.07) is 0. The first-order valence-electron chi connectivity index (χ1n) is 8.11. The summed E-state index contributed by atoms with van der Waals surface area (Å²) < 4.78 is 19.3. The molecule has 10 heteroatoms. The molecule has 25 heavy (non-hydrogen) atoms. The van der Waals surface area contributed by atoms with E-state index in [4.69, 9.17) is 19.9 Å². The Kier molecular flexibility index (Phi) is 3.71. The molecule has 136 valence electrons. The average Bonchev–Trinajstić information content (AvgIpc) is 3.16. The first-order chi connectivity index (χ1) is 11.8. The molecule has 2 saturated heterocycles. The number of nitrogens with zero attached hydrogens (tertiary/aromatic N) is 4. The minimum Gasteiger partial charge on any atom is -0.394 e. The van der Waals surface area contributed by atoms with E-state index in [0.29, 0.717) is 16.7 Å². The van der Waals surface area contributed by atoms with Crippen LogP contribution in [0.1, 0.15) is 38.8 Å². The average molecular weight is 351 g/mol. The summed E-state index contributed by atoms with van der Waals surface area (Å²) in [5.74, 6) is -0.571. The summed E-state index contributed by atoms with van der Waals surface area (Å²) in [4.78, 5) is 8.23. The van der Waals surface area contributed by atoms with Gasteiger partial charge in [0.1, 0.15) is 36.2 Å². The van der Waals surface area contributed by atoms with Gasteiger partial charge in [0.25, 0.3) is 0 Å². The minimum atomic E-state index is -0.861. The number of fused-ring (bicyclic) bond motifs is 2. The molecule has 2 fully saturated rings. The van der Waals surface area contributed by atoms with E-state index in [1.165, 1.54) is 11.0 Å². The van der Waals surface area contributed by atoms with Crippen molar-refractivity contribution >= 4 is 16.9 Å². The van der Waals surface area contributed by atoms with Gasteiger partial charge in [0, 0.05) is 0 Å². The van der Waals surface area contributed by atoms with Crippen LogP contribution in [0.4, 0.5) is 5.82 Å². The van der Waals surface area contributed by atoms with Crippen LogP contribution < -0.4 is 5.73 Å². The van der Waals surface area contributed by atoms with Gasteiger partial charge in [-0.1, -0.05) is 0 Å². The van der Waals surface area contributed by atoms with Gasteiger partial charge in [-0.3, -0.25) is 0 Å². The van der Waals surface area contributed by atoms with Crippen LogP contribution in [0.2, 0.25) is 0 Å². The predicted molar refractivity (Wildman–Crippen MR) is 85.2 cm³/mol. The lowest BCUT2D eigenvalue weighted by Gasteiger charge is -2.23. The number of aliphatic hydroxyl groups excluding tert-OH is 2. The SMILES string of the molecule is C[C@@H](O)c1nn([C@@H]2O[C@H](CO)[C@H]3OC(C)(C)O[C@H]32)c2ncnc(N)c12. The molecular formula is C15H21N5O5. The molecule has 0 saturated carbocycles. The Bertz CT molecular complexity index is 807. The molecule has 4 N–H and O–H groups in total. The summed E-state index contributed by atoms with van der Waals surface area (Å²) in [7, 11) is 0. The molecule has 10 nitrogen and oxygen atoms in total. The second-order valence-corrected chi connectivity index (χ2v) is 6.78. The van der Waals surface area contributed by atoms with Crippen molar-refractivity contribution in [3.63, 3.8) is 0 Å². The maximum atomic E-state index is 10.0. The highest BCUT2D eigenvalue weighted by atomic mass is 16.8. The van der Waals surface area contributed by atoms with Gasteiger partial charge in [-0.2, -0.15) is 5.10 Å². The lowest BCUT2D eigenvalue weighted by Crippen LogP contribution is -2.31. The van der Waals surface area contributed by atoms with E-state index in [-0.39, 0.29) is 12.4 Å². The Balaban J connectivity index is 1.83. The van der Waals surface area contributed by atoms with E-state index in [2.05, 4.69) is 15.1 Å². The van der Waals surface area contributed by atoms with Crippen molar-refractivity contribution < 1.29 is 24.4 Å². The quantitative estimate of drug-likeness (QED) is 0.690. The van der Waals surface area contributed by atoms with E-state index in [1.54, 1.807) is 20.8 Å². The van der Waals surface area contributed by atoms with Gasteiger partial charge in [-0.05, 0) is 20.8 Å². The Morgan fingerprint density at radius 2 is 2.04 bits per heavy atom. The van der Waals surface area contributed by atoms with Gasteiger partial charge < -0.3 is 30.2 Å². The van der Waals surface area contributed by atoms with Crippen molar-refractivity contribution in [3.05, 3.63) is 12.0 Å². The Hall–Kier alpha value is -1.85. The van der Waals surface area contributed by atoms with Crippen LogP contribution in [0.5, 0.6) is 0 Å². The number of hydrogen-bond acceptors (Lipinski definition) is 9. The number of nitrogen functional groups attached to an aromatic ring is 1. The molecule has 2 aliphatic heterocycles. The molecule has 5 atom stereocenters. The summed E-state index contributed by atoms with van der Waals surface area (Å²) in [5.41, 5.74) is 6.75. The number of aliphatic hydroxyl groups is 2. The number of nitrogens with two attached hydrogens (primary N) is 1. The van der Waals surface area contributed by atoms with Crippen molar-refractivity contribution in [1.82, 2.24) is 19.7 Å². The normalized spacial score (nSPS) is 32.2. The minimum absolute atomic E-state index is 0.212. The van der Waals surface area contributed by atoms with E-state index >= 15 is 0 Å². The van der Waals surface area contributed by atoms with E-state index in [9.17, 15) is 10.2 Å². The van der Waals surface area contributed by atoms with Crippen molar-refractivity contribution in [2.75, 3.05) is 12.3 Å². The summed E-state index contributed by atoms with van der Waals surface area (Å²) in [6.45, 7) is 4.99. The number of ether oxygens (including phenoxy) is 3. The van der Waals surface area contributed by atoms with Crippen LogP contribution in [-0.4, -0.2) is 60.7 Å². The van der Waals surface area contributed by atoms with Gasteiger partial charge in [0.05, 0.1) is 18.1 Å². The second-order valence-electron chi connectivity index (χ2n) is 6.78. The Labute approximate surface area is 143 Å². The Morgan fingerprint density at radius 3 is 2.72 bits per heavy atom. The topological polar surface area (TPSA) is 138 Å². The maximum Gasteiger partial charge on any atom is 0.181 e. The zero-order valence-corrected chi connectivity index (χ0v) is 14.2. The molecule has 0 bridgehead atoms.